The van der Waals surface area contributed by atoms with Gasteiger partial charge in [0.15, 0.2) is 0 Å². The van der Waals surface area contributed by atoms with Crippen LogP contribution in [0.2, 0.25) is 0 Å². The van der Waals surface area contributed by atoms with E-state index in [1.165, 1.54) is 31.5 Å². The van der Waals surface area contributed by atoms with E-state index >= 15 is 0 Å². The average molecular weight is 342 g/mol. The second-order valence-corrected chi connectivity index (χ2v) is 5.45. The summed E-state index contributed by atoms with van der Waals surface area (Å²) >= 11 is 0. The Morgan fingerprint density at radius 2 is 1.92 bits per heavy atom. The van der Waals surface area contributed by atoms with Crippen molar-refractivity contribution in [2.75, 3.05) is 12.4 Å². The third-order valence-electron chi connectivity index (χ3n) is 3.13. The molecule has 130 valence electrons. The molecule has 1 aromatic heterocycles. The molecule has 1 N–H and O–H groups in total. The molecule has 0 unspecified atom stereocenters. The van der Waals surface area contributed by atoms with Crippen molar-refractivity contribution < 1.29 is 23.9 Å². The van der Waals surface area contributed by atoms with Crippen LogP contribution in [-0.4, -0.2) is 36.4 Å². The molecule has 25 heavy (non-hydrogen) atoms. The summed E-state index contributed by atoms with van der Waals surface area (Å²) in [4.78, 5) is 38.8. The Bertz CT molecular complexity index is 785. The van der Waals surface area contributed by atoms with Gasteiger partial charge in [0, 0.05) is 17.3 Å². The Kier molecular flexibility index (Phi) is 5.84. The van der Waals surface area contributed by atoms with Crippen LogP contribution in [0.4, 0.5) is 5.82 Å². The first-order chi connectivity index (χ1) is 11.9. The summed E-state index contributed by atoms with van der Waals surface area (Å²) in [5, 5.41) is 2.60. The minimum absolute atomic E-state index is 0.0923. The van der Waals surface area contributed by atoms with E-state index in [9.17, 15) is 14.4 Å². The lowest BCUT2D eigenvalue weighted by atomic mass is 10.1. The molecule has 0 radical (unpaired) electrons. The van der Waals surface area contributed by atoms with Crippen LogP contribution < -0.4 is 10.1 Å². The number of anilines is 1. The van der Waals surface area contributed by atoms with E-state index in [0.717, 1.165) is 0 Å². The number of rotatable bonds is 6. The molecule has 1 heterocycles. The number of aldehydes is 1. The number of carbonyl (C=O) groups excluding carboxylic acids is 3. The van der Waals surface area contributed by atoms with E-state index in [2.05, 4.69) is 15.0 Å². The van der Waals surface area contributed by atoms with E-state index in [1.54, 1.807) is 12.1 Å². The van der Waals surface area contributed by atoms with Crippen molar-refractivity contribution in [3.05, 3.63) is 53.2 Å². The van der Waals surface area contributed by atoms with Gasteiger partial charge in [-0.3, -0.25) is 9.59 Å². The number of nitrogens with zero attached hydrogens (tertiary/aromatic N) is 1. The lowest BCUT2D eigenvalue weighted by molar-refractivity contribution is 0.0600. The molecule has 7 nitrogen and oxygen atoms in total. The van der Waals surface area contributed by atoms with Gasteiger partial charge in [-0.1, -0.05) is 0 Å². The Labute approximate surface area is 145 Å². The molecule has 0 saturated carbocycles. The van der Waals surface area contributed by atoms with Crippen LogP contribution in [0.5, 0.6) is 5.75 Å². The molecular formula is C18H18N2O5. The number of hydrogen-bond donors (Lipinski definition) is 1. The largest absolute Gasteiger partial charge is 0.491 e. The summed E-state index contributed by atoms with van der Waals surface area (Å²) in [6.07, 6.45) is 1.86. The highest BCUT2D eigenvalue weighted by Gasteiger charge is 2.12. The van der Waals surface area contributed by atoms with Crippen molar-refractivity contribution >= 4 is 24.0 Å². The minimum atomic E-state index is -0.514. The molecule has 0 aliphatic heterocycles. The van der Waals surface area contributed by atoms with Crippen molar-refractivity contribution in [2.24, 2.45) is 0 Å². The zero-order valence-corrected chi connectivity index (χ0v) is 14.1. The van der Waals surface area contributed by atoms with Gasteiger partial charge in [-0.25, -0.2) is 9.78 Å². The Morgan fingerprint density at radius 1 is 1.16 bits per heavy atom. The van der Waals surface area contributed by atoms with Crippen molar-refractivity contribution in [3.8, 4) is 5.75 Å². The lowest BCUT2D eigenvalue weighted by Crippen LogP contribution is -2.14. The van der Waals surface area contributed by atoms with Gasteiger partial charge in [-0.2, -0.15) is 0 Å². The van der Waals surface area contributed by atoms with Gasteiger partial charge in [-0.05, 0) is 44.2 Å². The smallest absolute Gasteiger partial charge is 0.339 e. The number of benzene rings is 1. The highest BCUT2D eigenvalue weighted by atomic mass is 16.5. The Morgan fingerprint density at radius 3 is 2.48 bits per heavy atom. The van der Waals surface area contributed by atoms with Crippen LogP contribution >= 0.6 is 0 Å². The van der Waals surface area contributed by atoms with E-state index in [1.807, 2.05) is 13.8 Å². The summed E-state index contributed by atoms with van der Waals surface area (Å²) in [6, 6.07) is 7.54. The van der Waals surface area contributed by atoms with Crippen LogP contribution in [0.1, 0.15) is 44.9 Å². The Balaban J connectivity index is 2.19. The van der Waals surface area contributed by atoms with Crippen LogP contribution in [0, 0.1) is 0 Å². The molecule has 0 atom stereocenters. The molecule has 1 aromatic carbocycles. The van der Waals surface area contributed by atoms with Crippen LogP contribution in [0.3, 0.4) is 0 Å². The van der Waals surface area contributed by atoms with Crippen LogP contribution in [-0.2, 0) is 4.74 Å². The fourth-order valence-corrected chi connectivity index (χ4v) is 2.06. The molecule has 0 fully saturated rings. The highest BCUT2D eigenvalue weighted by molar-refractivity contribution is 6.05. The van der Waals surface area contributed by atoms with Crippen molar-refractivity contribution in [1.29, 1.82) is 0 Å². The monoisotopic (exact) mass is 342 g/mol. The van der Waals surface area contributed by atoms with Gasteiger partial charge in [0.05, 0.1) is 18.8 Å². The molecule has 0 bridgehead atoms. The summed E-state index contributed by atoms with van der Waals surface area (Å²) in [5.41, 5.74) is 0.868. The fraction of sp³-hybridized carbons (Fsp3) is 0.222. The van der Waals surface area contributed by atoms with Gasteiger partial charge >= 0.3 is 5.97 Å². The maximum atomic E-state index is 12.4. The SMILES string of the molecule is COC(=O)c1ccc(NC(=O)c2cc(C=O)cc(OC(C)C)c2)nc1. The van der Waals surface area contributed by atoms with E-state index in [0.29, 0.717) is 17.6 Å². The zero-order chi connectivity index (χ0) is 18.4. The number of pyridine rings is 1. The van der Waals surface area contributed by atoms with Crippen molar-refractivity contribution in [2.45, 2.75) is 20.0 Å². The molecule has 1 amide bonds. The van der Waals surface area contributed by atoms with E-state index in [4.69, 9.17) is 4.74 Å². The first-order valence-corrected chi connectivity index (χ1v) is 7.55. The summed E-state index contributed by atoms with van der Waals surface area (Å²) in [7, 11) is 1.27. The van der Waals surface area contributed by atoms with Crippen LogP contribution in [0.25, 0.3) is 0 Å². The number of methoxy groups -OCH3 is 1. The summed E-state index contributed by atoms with van der Waals surface area (Å²) < 4.78 is 10.1. The number of nitrogens with one attached hydrogen (secondary N) is 1. The molecule has 0 saturated heterocycles. The van der Waals surface area contributed by atoms with Gasteiger partial charge in [-0.15, -0.1) is 0 Å². The fourth-order valence-electron chi connectivity index (χ4n) is 2.06. The maximum absolute atomic E-state index is 12.4. The van der Waals surface area contributed by atoms with Gasteiger partial charge in [0.2, 0.25) is 0 Å². The number of esters is 1. The number of amides is 1. The topological polar surface area (TPSA) is 94.6 Å². The summed E-state index contributed by atoms with van der Waals surface area (Å²) in [5.74, 6) is -0.269. The van der Waals surface area contributed by atoms with Crippen molar-refractivity contribution in [3.63, 3.8) is 0 Å². The van der Waals surface area contributed by atoms with Gasteiger partial charge < -0.3 is 14.8 Å². The van der Waals surface area contributed by atoms with Crippen molar-refractivity contribution in [1.82, 2.24) is 4.98 Å². The second kappa shape index (κ2) is 8.05. The zero-order valence-electron chi connectivity index (χ0n) is 14.1. The summed E-state index contributed by atoms with van der Waals surface area (Å²) in [6.45, 7) is 3.69. The number of carbonyl (C=O) groups is 3. The minimum Gasteiger partial charge on any atom is -0.491 e. The first kappa shape index (κ1) is 18.1. The number of ether oxygens (including phenoxy) is 2. The maximum Gasteiger partial charge on any atom is 0.339 e. The third-order valence-corrected chi connectivity index (χ3v) is 3.13. The number of hydrogen-bond acceptors (Lipinski definition) is 6. The quantitative estimate of drug-likeness (QED) is 0.641. The van der Waals surface area contributed by atoms with Gasteiger partial charge in [0.25, 0.3) is 5.91 Å². The van der Waals surface area contributed by atoms with E-state index < -0.39 is 11.9 Å². The van der Waals surface area contributed by atoms with Crippen LogP contribution in [0.15, 0.2) is 36.5 Å². The molecule has 2 aromatic rings. The molecule has 0 aliphatic carbocycles. The predicted molar refractivity (Wildman–Crippen MR) is 91.1 cm³/mol. The first-order valence-electron chi connectivity index (χ1n) is 7.55. The average Bonchev–Trinajstić information content (AvgIpc) is 2.60. The predicted octanol–water partition coefficient (Wildman–Crippen LogP) is 2.72. The molecular weight excluding hydrogens is 324 g/mol. The third kappa shape index (κ3) is 4.87. The molecule has 0 aliphatic rings. The molecule has 2 rings (SSSR count). The normalized spacial score (nSPS) is 10.2. The second-order valence-electron chi connectivity index (χ2n) is 5.45. The molecule has 0 spiro atoms. The molecule has 7 heteroatoms. The standard InChI is InChI=1S/C18H18N2O5/c1-11(2)25-15-7-12(10-21)6-14(8-15)17(22)20-16-5-4-13(9-19-16)18(23)24-3/h4-11H,1-3H3,(H,19,20,22). The Hall–Kier alpha value is -3.22. The highest BCUT2D eigenvalue weighted by Crippen LogP contribution is 2.19. The number of aromatic nitrogens is 1. The lowest BCUT2D eigenvalue weighted by Gasteiger charge is -2.12. The van der Waals surface area contributed by atoms with E-state index in [-0.39, 0.29) is 23.0 Å². The van der Waals surface area contributed by atoms with Gasteiger partial charge in [0.1, 0.15) is 17.9 Å².